The van der Waals surface area contributed by atoms with Crippen LogP contribution in [0.5, 0.6) is 0 Å². The molecular formula is C8H10F3N. The lowest BCUT2D eigenvalue weighted by molar-refractivity contribution is -0.138. The minimum Gasteiger partial charge on any atom is -0.316 e. The van der Waals surface area contributed by atoms with Crippen molar-refractivity contribution in [1.29, 1.82) is 0 Å². The van der Waals surface area contributed by atoms with E-state index in [0.29, 0.717) is 6.42 Å². The molecule has 0 aromatic carbocycles. The molecule has 1 aliphatic carbocycles. The number of hydrogen-bond acceptors (Lipinski definition) is 1. The first-order valence-electron chi connectivity index (χ1n) is 3.70. The number of allylic oxidation sites excluding steroid dienone is 2. The molecule has 0 saturated carbocycles. The minimum atomic E-state index is -4.33. The summed E-state index contributed by atoms with van der Waals surface area (Å²) < 4.78 is 36.1. The predicted molar refractivity (Wildman–Crippen MR) is 40.5 cm³/mol. The van der Waals surface area contributed by atoms with Crippen molar-refractivity contribution in [2.75, 3.05) is 0 Å². The van der Waals surface area contributed by atoms with Crippen molar-refractivity contribution < 1.29 is 13.2 Å². The van der Waals surface area contributed by atoms with Gasteiger partial charge in [-0.3, -0.25) is 0 Å². The number of alkyl halides is 3. The van der Waals surface area contributed by atoms with Crippen LogP contribution in [0.15, 0.2) is 23.8 Å². The molecule has 0 aromatic heterocycles. The van der Waals surface area contributed by atoms with Gasteiger partial charge in [0.05, 0.1) is 0 Å². The molecule has 1 nitrogen and oxygen atoms in total. The molecule has 1 aliphatic rings. The molecule has 12 heavy (non-hydrogen) atoms. The van der Waals surface area contributed by atoms with Gasteiger partial charge in [0, 0.05) is 0 Å². The van der Waals surface area contributed by atoms with E-state index in [2.05, 4.69) is 0 Å². The second-order valence-electron chi connectivity index (χ2n) is 2.70. The Bertz CT molecular complexity index is 215. The maximum atomic E-state index is 12.0. The molecule has 0 saturated heterocycles. The summed E-state index contributed by atoms with van der Waals surface area (Å²) >= 11 is 0. The normalized spacial score (nSPS) is 20.5. The van der Waals surface area contributed by atoms with Crippen LogP contribution in [-0.2, 0) is 0 Å². The van der Waals surface area contributed by atoms with Gasteiger partial charge < -0.3 is 5.73 Å². The van der Waals surface area contributed by atoms with Gasteiger partial charge in [-0.2, -0.15) is 13.2 Å². The van der Waals surface area contributed by atoms with Crippen molar-refractivity contribution in [3.8, 4) is 0 Å². The average Bonchev–Trinajstić information content (AvgIpc) is 2.03. The van der Waals surface area contributed by atoms with Crippen LogP contribution in [0.25, 0.3) is 0 Å². The highest BCUT2D eigenvalue weighted by molar-refractivity contribution is 5.28. The minimum absolute atomic E-state index is 0.175. The molecule has 0 heterocycles. The van der Waals surface area contributed by atoms with Gasteiger partial charge in [-0.1, -0.05) is 18.2 Å². The molecule has 1 atom stereocenters. The Balaban J connectivity index is 2.70. The topological polar surface area (TPSA) is 26.0 Å². The molecule has 0 bridgehead atoms. The van der Waals surface area contributed by atoms with Crippen LogP contribution in [0.1, 0.15) is 12.8 Å². The summed E-state index contributed by atoms with van der Waals surface area (Å²) in [7, 11) is 0. The van der Waals surface area contributed by atoms with Gasteiger partial charge in [0.15, 0.2) is 0 Å². The quantitative estimate of drug-likeness (QED) is 0.652. The number of nitrogens with two attached hydrogens (primary N) is 1. The van der Waals surface area contributed by atoms with Crippen LogP contribution >= 0.6 is 0 Å². The lowest BCUT2D eigenvalue weighted by Crippen LogP contribution is -2.38. The highest BCUT2D eigenvalue weighted by atomic mass is 19.4. The van der Waals surface area contributed by atoms with Gasteiger partial charge >= 0.3 is 6.18 Å². The van der Waals surface area contributed by atoms with Crippen LogP contribution in [0, 0.1) is 0 Å². The third-order valence-electron chi connectivity index (χ3n) is 1.74. The maximum Gasteiger partial charge on any atom is 0.407 e. The van der Waals surface area contributed by atoms with Gasteiger partial charge in [-0.25, -0.2) is 0 Å². The fourth-order valence-corrected chi connectivity index (χ4v) is 1.05. The standard InChI is InChI=1S/C8H10F3N/c9-8(10,11)7(12)6-4-2-1-3-5-6/h2,4-5,7H,1,3,12H2. The number of rotatable bonds is 1. The van der Waals surface area contributed by atoms with Gasteiger partial charge in [-0.05, 0) is 18.4 Å². The van der Waals surface area contributed by atoms with E-state index >= 15 is 0 Å². The molecule has 0 spiro atoms. The van der Waals surface area contributed by atoms with Gasteiger partial charge in [-0.15, -0.1) is 0 Å². The molecule has 0 aliphatic heterocycles. The van der Waals surface area contributed by atoms with Gasteiger partial charge in [0.1, 0.15) is 6.04 Å². The summed E-state index contributed by atoms with van der Waals surface area (Å²) in [6.45, 7) is 0. The monoisotopic (exact) mass is 177 g/mol. The summed E-state index contributed by atoms with van der Waals surface area (Å²) in [6.07, 6.45) is 1.82. The van der Waals surface area contributed by atoms with Crippen molar-refractivity contribution in [1.82, 2.24) is 0 Å². The van der Waals surface area contributed by atoms with E-state index in [1.807, 2.05) is 0 Å². The van der Waals surface area contributed by atoms with E-state index < -0.39 is 12.2 Å². The average molecular weight is 177 g/mol. The molecule has 1 rings (SSSR count). The fourth-order valence-electron chi connectivity index (χ4n) is 1.05. The second-order valence-corrected chi connectivity index (χ2v) is 2.70. The summed E-state index contributed by atoms with van der Waals surface area (Å²) in [6, 6.07) is -1.82. The van der Waals surface area contributed by atoms with Crippen LogP contribution in [-0.4, -0.2) is 12.2 Å². The molecule has 0 radical (unpaired) electrons. The molecule has 0 amide bonds. The Morgan fingerprint density at radius 3 is 2.42 bits per heavy atom. The van der Waals surface area contributed by atoms with E-state index in [9.17, 15) is 13.2 Å². The van der Waals surface area contributed by atoms with E-state index in [4.69, 9.17) is 5.73 Å². The smallest absolute Gasteiger partial charge is 0.316 e. The van der Waals surface area contributed by atoms with Crippen LogP contribution in [0.4, 0.5) is 13.2 Å². The Hall–Kier alpha value is -0.770. The molecule has 0 aromatic rings. The number of hydrogen-bond donors (Lipinski definition) is 1. The van der Waals surface area contributed by atoms with Crippen molar-refractivity contribution in [3.63, 3.8) is 0 Å². The zero-order valence-corrected chi connectivity index (χ0v) is 6.43. The third kappa shape index (κ3) is 2.11. The maximum absolute atomic E-state index is 12.0. The Morgan fingerprint density at radius 1 is 1.33 bits per heavy atom. The summed E-state index contributed by atoms with van der Waals surface area (Å²) in [4.78, 5) is 0. The second kappa shape index (κ2) is 3.31. The fraction of sp³-hybridized carbons (Fsp3) is 0.500. The first kappa shape index (κ1) is 9.32. The van der Waals surface area contributed by atoms with Crippen molar-refractivity contribution in [3.05, 3.63) is 23.8 Å². The lowest BCUT2D eigenvalue weighted by atomic mass is 10.0. The Morgan fingerprint density at radius 2 is 2.00 bits per heavy atom. The van der Waals surface area contributed by atoms with Crippen LogP contribution in [0.2, 0.25) is 0 Å². The summed E-state index contributed by atoms with van der Waals surface area (Å²) in [5, 5.41) is 0. The zero-order valence-electron chi connectivity index (χ0n) is 6.43. The molecule has 2 N–H and O–H groups in total. The molecule has 4 heteroatoms. The molecule has 1 unspecified atom stereocenters. The van der Waals surface area contributed by atoms with Crippen molar-refractivity contribution in [2.24, 2.45) is 5.73 Å². The molecule has 68 valence electrons. The predicted octanol–water partition coefficient (Wildman–Crippen LogP) is 2.15. The highest BCUT2D eigenvalue weighted by Crippen LogP contribution is 2.26. The van der Waals surface area contributed by atoms with E-state index in [0.717, 1.165) is 6.42 Å². The Kier molecular flexibility index (Phi) is 2.57. The first-order chi connectivity index (χ1) is 5.52. The largest absolute Gasteiger partial charge is 0.407 e. The van der Waals surface area contributed by atoms with E-state index in [-0.39, 0.29) is 5.57 Å². The van der Waals surface area contributed by atoms with Crippen molar-refractivity contribution >= 4 is 0 Å². The van der Waals surface area contributed by atoms with Crippen LogP contribution < -0.4 is 5.73 Å². The van der Waals surface area contributed by atoms with Gasteiger partial charge in [0.2, 0.25) is 0 Å². The van der Waals surface area contributed by atoms with Gasteiger partial charge in [0.25, 0.3) is 0 Å². The van der Waals surface area contributed by atoms with Crippen LogP contribution in [0.3, 0.4) is 0 Å². The molecule has 0 fully saturated rings. The Labute approximate surface area is 68.7 Å². The van der Waals surface area contributed by atoms with E-state index in [1.54, 1.807) is 6.08 Å². The van der Waals surface area contributed by atoms with Crippen molar-refractivity contribution in [2.45, 2.75) is 25.1 Å². The number of halogens is 3. The first-order valence-corrected chi connectivity index (χ1v) is 3.70. The SMILES string of the molecule is NC(C1=CCCC=C1)C(F)(F)F. The molecular weight excluding hydrogens is 167 g/mol. The summed E-state index contributed by atoms with van der Waals surface area (Å²) in [5.74, 6) is 0. The highest BCUT2D eigenvalue weighted by Gasteiger charge is 2.38. The zero-order chi connectivity index (χ0) is 9.19. The third-order valence-corrected chi connectivity index (χ3v) is 1.74. The summed E-state index contributed by atoms with van der Waals surface area (Å²) in [5.41, 5.74) is 5.16. The van der Waals surface area contributed by atoms with E-state index in [1.165, 1.54) is 12.2 Å². The lowest BCUT2D eigenvalue weighted by Gasteiger charge is -2.18.